The first kappa shape index (κ1) is 10.1. The third-order valence-corrected chi connectivity index (χ3v) is 3.18. The summed E-state index contributed by atoms with van der Waals surface area (Å²) < 4.78 is 0. The Hall–Kier alpha value is -1.47. The lowest BCUT2D eigenvalue weighted by atomic mass is 9.92. The largest absolute Gasteiger partial charge is 0.339 e. The number of urea groups is 1. The molecule has 3 amide bonds. The maximum Gasteiger partial charge on any atom is 0.339 e. The van der Waals surface area contributed by atoms with E-state index in [4.69, 9.17) is 5.84 Å². The molecule has 1 atom stereocenters. The topological polar surface area (TPSA) is 88.3 Å². The third kappa shape index (κ3) is 1.17. The standard InChI is InChI=1S/C8H10N4O2S/c1-2-8(5-3-15-4-10-5)6(13)11-7(14)12(8)9/h3-4H,2,9H2,1H3,(H,11,13,14). The minimum Gasteiger partial charge on any atom is -0.274 e. The molecule has 0 radical (unpaired) electrons. The van der Waals surface area contributed by atoms with Crippen molar-refractivity contribution in [1.82, 2.24) is 15.3 Å². The van der Waals surface area contributed by atoms with E-state index in [1.165, 1.54) is 11.3 Å². The highest BCUT2D eigenvalue weighted by Gasteiger charge is 2.53. The Bertz CT molecular complexity index is 405. The zero-order valence-corrected chi connectivity index (χ0v) is 8.87. The van der Waals surface area contributed by atoms with Crippen LogP contribution < -0.4 is 11.2 Å². The number of amides is 3. The van der Waals surface area contributed by atoms with Gasteiger partial charge in [0.2, 0.25) is 0 Å². The molecule has 0 saturated carbocycles. The van der Waals surface area contributed by atoms with Crippen LogP contribution in [-0.2, 0) is 10.3 Å². The minimum absolute atomic E-state index is 0.394. The van der Waals surface area contributed by atoms with E-state index in [1.54, 1.807) is 17.8 Å². The maximum absolute atomic E-state index is 11.8. The number of rotatable bonds is 2. The summed E-state index contributed by atoms with van der Waals surface area (Å²) >= 11 is 1.36. The second kappa shape index (κ2) is 3.28. The molecule has 1 aromatic rings. The number of nitrogens with one attached hydrogen (secondary N) is 1. The van der Waals surface area contributed by atoms with E-state index in [9.17, 15) is 9.59 Å². The first-order chi connectivity index (χ1) is 7.13. The van der Waals surface area contributed by atoms with Crippen LogP contribution in [0.15, 0.2) is 10.9 Å². The molecule has 80 valence electrons. The number of nitrogens with two attached hydrogens (primary N) is 1. The van der Waals surface area contributed by atoms with Gasteiger partial charge in [0.25, 0.3) is 5.91 Å². The number of hydrogen-bond acceptors (Lipinski definition) is 5. The van der Waals surface area contributed by atoms with Crippen molar-refractivity contribution >= 4 is 23.3 Å². The second-order valence-electron chi connectivity index (χ2n) is 3.22. The lowest BCUT2D eigenvalue weighted by Crippen LogP contribution is -2.50. The van der Waals surface area contributed by atoms with Crippen LogP contribution in [0.5, 0.6) is 0 Å². The van der Waals surface area contributed by atoms with Crippen molar-refractivity contribution in [3.05, 3.63) is 16.6 Å². The van der Waals surface area contributed by atoms with Crippen LogP contribution >= 0.6 is 11.3 Å². The summed E-state index contributed by atoms with van der Waals surface area (Å²) in [5, 5.41) is 4.83. The first-order valence-electron chi connectivity index (χ1n) is 4.42. The molecule has 2 rings (SSSR count). The zero-order valence-electron chi connectivity index (χ0n) is 8.06. The number of carbonyl (C=O) groups is 2. The fraction of sp³-hybridized carbons (Fsp3) is 0.375. The van der Waals surface area contributed by atoms with Crippen LogP contribution in [0.1, 0.15) is 19.0 Å². The number of aromatic nitrogens is 1. The summed E-state index contributed by atoms with van der Waals surface area (Å²) in [6.45, 7) is 1.79. The van der Waals surface area contributed by atoms with Crippen LogP contribution in [0.2, 0.25) is 0 Å². The summed E-state index contributed by atoms with van der Waals surface area (Å²) in [4.78, 5) is 27.1. The van der Waals surface area contributed by atoms with E-state index < -0.39 is 17.5 Å². The van der Waals surface area contributed by atoms with Gasteiger partial charge in [-0.1, -0.05) is 6.92 Å². The highest BCUT2D eigenvalue weighted by Crippen LogP contribution is 2.33. The van der Waals surface area contributed by atoms with Gasteiger partial charge in [-0.3, -0.25) is 10.1 Å². The van der Waals surface area contributed by atoms with Gasteiger partial charge in [0, 0.05) is 5.38 Å². The third-order valence-electron chi connectivity index (χ3n) is 2.59. The fourth-order valence-electron chi connectivity index (χ4n) is 1.71. The van der Waals surface area contributed by atoms with E-state index in [0.717, 1.165) is 5.01 Å². The minimum atomic E-state index is -1.14. The van der Waals surface area contributed by atoms with Crippen LogP contribution in [0.25, 0.3) is 0 Å². The molecule has 1 aromatic heterocycles. The smallest absolute Gasteiger partial charge is 0.274 e. The highest BCUT2D eigenvalue weighted by atomic mass is 32.1. The molecule has 0 spiro atoms. The molecule has 3 N–H and O–H groups in total. The van der Waals surface area contributed by atoms with Gasteiger partial charge in [0.1, 0.15) is 0 Å². The monoisotopic (exact) mass is 226 g/mol. The summed E-state index contributed by atoms with van der Waals surface area (Å²) in [7, 11) is 0. The Morgan fingerprint density at radius 3 is 2.80 bits per heavy atom. The van der Waals surface area contributed by atoms with Crippen LogP contribution in [0.3, 0.4) is 0 Å². The maximum atomic E-state index is 11.8. The highest BCUT2D eigenvalue weighted by molar-refractivity contribution is 7.07. The first-order valence-corrected chi connectivity index (χ1v) is 5.36. The number of imide groups is 1. The molecule has 6 nitrogen and oxygen atoms in total. The molecule has 0 bridgehead atoms. The van der Waals surface area contributed by atoms with Crippen molar-refractivity contribution in [2.24, 2.45) is 5.84 Å². The molecular weight excluding hydrogens is 216 g/mol. The molecule has 2 heterocycles. The van der Waals surface area contributed by atoms with Gasteiger partial charge in [-0.05, 0) is 6.42 Å². The van der Waals surface area contributed by atoms with E-state index in [1.807, 2.05) is 0 Å². The molecule has 1 aliphatic heterocycles. The normalized spacial score (nSPS) is 25.9. The quantitative estimate of drug-likeness (QED) is 0.427. The average molecular weight is 226 g/mol. The molecule has 7 heteroatoms. The van der Waals surface area contributed by atoms with E-state index in [0.29, 0.717) is 12.1 Å². The van der Waals surface area contributed by atoms with Crippen LogP contribution in [0, 0.1) is 0 Å². The number of nitrogens with zero attached hydrogens (tertiary/aromatic N) is 2. The molecule has 1 fully saturated rings. The molecule has 1 aliphatic rings. The Morgan fingerprint density at radius 1 is 1.67 bits per heavy atom. The molecule has 1 unspecified atom stereocenters. The SMILES string of the molecule is CCC1(c2cscn2)C(=O)NC(=O)N1N. The lowest BCUT2D eigenvalue weighted by Gasteiger charge is -2.28. The molecule has 0 aromatic carbocycles. The Labute approximate surface area is 90.1 Å². The average Bonchev–Trinajstić information content (AvgIpc) is 2.78. The van der Waals surface area contributed by atoms with Gasteiger partial charge >= 0.3 is 6.03 Å². The van der Waals surface area contributed by atoms with Gasteiger partial charge < -0.3 is 0 Å². The van der Waals surface area contributed by atoms with E-state index in [-0.39, 0.29) is 0 Å². The number of hydrogen-bond donors (Lipinski definition) is 2. The molecule has 1 saturated heterocycles. The fourth-order valence-corrected chi connectivity index (χ4v) is 2.33. The predicted octanol–water partition coefficient (Wildman–Crippen LogP) is 0.174. The van der Waals surface area contributed by atoms with Gasteiger partial charge in [-0.25, -0.2) is 20.6 Å². The number of hydrazine groups is 1. The van der Waals surface area contributed by atoms with Crippen molar-refractivity contribution < 1.29 is 9.59 Å². The predicted molar refractivity (Wildman–Crippen MR) is 53.6 cm³/mol. The summed E-state index contributed by atoms with van der Waals surface area (Å²) in [5.41, 5.74) is 0.981. The number of carbonyl (C=O) groups excluding carboxylic acids is 2. The van der Waals surface area contributed by atoms with Crippen LogP contribution in [-0.4, -0.2) is 21.9 Å². The molecular formula is C8H10N4O2S. The van der Waals surface area contributed by atoms with Crippen molar-refractivity contribution in [3.63, 3.8) is 0 Å². The van der Waals surface area contributed by atoms with Gasteiger partial charge in [-0.15, -0.1) is 11.3 Å². The van der Waals surface area contributed by atoms with Crippen LogP contribution in [0.4, 0.5) is 4.79 Å². The van der Waals surface area contributed by atoms with Crippen molar-refractivity contribution in [2.75, 3.05) is 0 Å². The van der Waals surface area contributed by atoms with Gasteiger partial charge in [0.15, 0.2) is 5.54 Å². The Morgan fingerprint density at radius 2 is 2.40 bits per heavy atom. The zero-order chi connectivity index (χ0) is 11.1. The summed E-state index contributed by atoms with van der Waals surface area (Å²) in [6, 6.07) is -0.588. The van der Waals surface area contributed by atoms with Gasteiger partial charge in [-0.2, -0.15) is 0 Å². The molecule has 15 heavy (non-hydrogen) atoms. The van der Waals surface area contributed by atoms with Gasteiger partial charge in [0.05, 0.1) is 11.2 Å². The van der Waals surface area contributed by atoms with Crippen molar-refractivity contribution in [1.29, 1.82) is 0 Å². The van der Waals surface area contributed by atoms with E-state index >= 15 is 0 Å². The summed E-state index contributed by atoms with van der Waals surface area (Å²) in [5.74, 6) is 5.20. The Balaban J connectivity index is 2.54. The second-order valence-corrected chi connectivity index (χ2v) is 3.94. The lowest BCUT2D eigenvalue weighted by molar-refractivity contribution is -0.127. The number of thiazole rings is 1. The molecule has 0 aliphatic carbocycles. The Kier molecular flexibility index (Phi) is 2.20. The van der Waals surface area contributed by atoms with E-state index in [2.05, 4.69) is 10.3 Å². The van der Waals surface area contributed by atoms with Crippen molar-refractivity contribution in [2.45, 2.75) is 18.9 Å². The summed E-state index contributed by atoms with van der Waals surface area (Å²) in [6.07, 6.45) is 0.394. The van der Waals surface area contributed by atoms with Crippen molar-refractivity contribution in [3.8, 4) is 0 Å².